The third kappa shape index (κ3) is 4.23. The summed E-state index contributed by atoms with van der Waals surface area (Å²) in [5, 5.41) is 12.5. The standard InChI is InChI=1S/C22H17N3O2S.ClH/c23-21(27)18-13-15(11-12-20(18)26)19-14-28-22(24-19)25(16-7-3-1-4-8-16)17-9-5-2-6-10-17;/h1-14,26H,(H2,23,27);1H. The highest BCUT2D eigenvalue weighted by molar-refractivity contribution is 7.14. The van der Waals surface area contributed by atoms with Crippen molar-refractivity contribution in [3.63, 3.8) is 0 Å². The predicted molar refractivity (Wildman–Crippen MR) is 120 cm³/mol. The second-order valence-electron chi connectivity index (χ2n) is 6.12. The van der Waals surface area contributed by atoms with Crippen LogP contribution in [0.1, 0.15) is 10.4 Å². The summed E-state index contributed by atoms with van der Waals surface area (Å²) in [4.78, 5) is 18.4. The van der Waals surface area contributed by atoms with E-state index in [9.17, 15) is 9.90 Å². The molecule has 0 aliphatic rings. The molecule has 7 heteroatoms. The maximum atomic E-state index is 11.5. The van der Waals surface area contributed by atoms with Gasteiger partial charge in [0.05, 0.1) is 11.3 Å². The SMILES string of the molecule is Cl.NC(=O)c1cc(-c2csc(N(c3ccccc3)c3ccccc3)n2)ccc1O. The minimum atomic E-state index is -0.676. The van der Waals surface area contributed by atoms with Crippen LogP contribution in [0.25, 0.3) is 11.3 Å². The number of hydrogen-bond donors (Lipinski definition) is 2. The van der Waals surface area contributed by atoms with Crippen molar-refractivity contribution in [3.05, 3.63) is 89.8 Å². The Morgan fingerprint density at radius 1 is 0.931 bits per heavy atom. The van der Waals surface area contributed by atoms with E-state index in [4.69, 9.17) is 10.7 Å². The van der Waals surface area contributed by atoms with Crippen molar-refractivity contribution < 1.29 is 9.90 Å². The van der Waals surface area contributed by atoms with Gasteiger partial charge in [-0.05, 0) is 42.5 Å². The smallest absolute Gasteiger partial charge is 0.252 e. The highest BCUT2D eigenvalue weighted by Crippen LogP contribution is 2.38. The maximum Gasteiger partial charge on any atom is 0.252 e. The van der Waals surface area contributed by atoms with E-state index >= 15 is 0 Å². The van der Waals surface area contributed by atoms with E-state index in [1.165, 1.54) is 17.4 Å². The Morgan fingerprint density at radius 2 is 1.52 bits per heavy atom. The minimum absolute atomic E-state index is 0. The van der Waals surface area contributed by atoms with Crippen LogP contribution < -0.4 is 10.6 Å². The molecule has 0 bridgehead atoms. The molecule has 29 heavy (non-hydrogen) atoms. The van der Waals surface area contributed by atoms with Gasteiger partial charge in [-0.25, -0.2) is 4.98 Å². The van der Waals surface area contributed by atoms with Crippen LogP contribution in [0.15, 0.2) is 84.2 Å². The number of nitrogens with two attached hydrogens (primary N) is 1. The van der Waals surface area contributed by atoms with Crippen molar-refractivity contribution >= 4 is 46.2 Å². The fraction of sp³-hybridized carbons (Fsp3) is 0. The summed E-state index contributed by atoms with van der Waals surface area (Å²) in [5.74, 6) is -0.813. The number of thiazole rings is 1. The molecular formula is C22H18ClN3O2S. The first-order valence-electron chi connectivity index (χ1n) is 8.62. The number of amides is 1. The summed E-state index contributed by atoms with van der Waals surface area (Å²) in [5.41, 5.74) is 8.84. The third-order valence-corrected chi connectivity index (χ3v) is 5.10. The monoisotopic (exact) mass is 423 g/mol. The van der Waals surface area contributed by atoms with Crippen LogP contribution in [0.2, 0.25) is 0 Å². The van der Waals surface area contributed by atoms with Crippen LogP contribution in [0.4, 0.5) is 16.5 Å². The number of aromatic nitrogens is 1. The van der Waals surface area contributed by atoms with Crippen LogP contribution >= 0.6 is 23.7 Å². The van der Waals surface area contributed by atoms with E-state index < -0.39 is 5.91 Å². The molecule has 1 aromatic heterocycles. The lowest BCUT2D eigenvalue weighted by atomic mass is 10.1. The predicted octanol–water partition coefficient (Wildman–Crippen LogP) is 5.51. The van der Waals surface area contributed by atoms with E-state index in [0.29, 0.717) is 5.69 Å². The normalized spacial score (nSPS) is 10.2. The summed E-state index contributed by atoms with van der Waals surface area (Å²) >= 11 is 1.50. The Kier molecular flexibility index (Phi) is 6.16. The van der Waals surface area contributed by atoms with Gasteiger partial charge in [0.2, 0.25) is 0 Å². The molecule has 1 heterocycles. The summed E-state index contributed by atoms with van der Waals surface area (Å²) in [6.45, 7) is 0. The molecule has 146 valence electrons. The first-order valence-corrected chi connectivity index (χ1v) is 9.50. The maximum absolute atomic E-state index is 11.5. The molecule has 0 aliphatic heterocycles. The van der Waals surface area contributed by atoms with Crippen LogP contribution in [-0.2, 0) is 0 Å². The molecule has 4 aromatic rings. The quantitative estimate of drug-likeness (QED) is 0.443. The minimum Gasteiger partial charge on any atom is -0.507 e. The number of hydrogen-bond acceptors (Lipinski definition) is 5. The Hall–Kier alpha value is -3.35. The molecule has 0 unspecified atom stereocenters. The van der Waals surface area contributed by atoms with Crippen molar-refractivity contribution in [2.45, 2.75) is 0 Å². The highest BCUT2D eigenvalue weighted by Gasteiger charge is 2.17. The van der Waals surface area contributed by atoms with Gasteiger partial charge in [0, 0.05) is 22.3 Å². The van der Waals surface area contributed by atoms with Gasteiger partial charge in [-0.3, -0.25) is 9.69 Å². The molecule has 1 amide bonds. The van der Waals surface area contributed by atoms with E-state index in [2.05, 4.69) is 4.90 Å². The van der Waals surface area contributed by atoms with Gasteiger partial charge in [-0.1, -0.05) is 36.4 Å². The average Bonchev–Trinajstić information content (AvgIpc) is 3.19. The van der Waals surface area contributed by atoms with E-state index in [1.807, 2.05) is 66.0 Å². The van der Waals surface area contributed by atoms with Crippen molar-refractivity contribution in [1.29, 1.82) is 0 Å². The van der Waals surface area contributed by atoms with Gasteiger partial charge in [-0.2, -0.15) is 0 Å². The Bertz CT molecular complexity index is 1080. The Balaban J connectivity index is 0.00000240. The summed E-state index contributed by atoms with van der Waals surface area (Å²) in [7, 11) is 0. The Labute approximate surface area is 178 Å². The van der Waals surface area contributed by atoms with Gasteiger partial charge >= 0.3 is 0 Å². The van der Waals surface area contributed by atoms with Crippen molar-refractivity contribution in [3.8, 4) is 17.0 Å². The van der Waals surface area contributed by atoms with Crippen molar-refractivity contribution in [2.75, 3.05) is 4.90 Å². The van der Waals surface area contributed by atoms with Gasteiger partial charge in [-0.15, -0.1) is 23.7 Å². The van der Waals surface area contributed by atoms with Gasteiger partial charge in [0.1, 0.15) is 5.75 Å². The third-order valence-electron chi connectivity index (χ3n) is 4.27. The average molecular weight is 424 g/mol. The second kappa shape index (κ2) is 8.77. The van der Waals surface area contributed by atoms with E-state index in [1.54, 1.807) is 12.1 Å². The number of aromatic hydroxyl groups is 1. The molecule has 4 rings (SSSR count). The fourth-order valence-corrected chi connectivity index (χ4v) is 3.79. The molecular weight excluding hydrogens is 406 g/mol. The number of primary amides is 1. The van der Waals surface area contributed by atoms with Gasteiger partial charge in [0.25, 0.3) is 5.91 Å². The van der Waals surface area contributed by atoms with E-state index in [-0.39, 0.29) is 23.7 Å². The fourth-order valence-electron chi connectivity index (χ4n) is 2.92. The summed E-state index contributed by atoms with van der Waals surface area (Å²) in [6, 6.07) is 24.7. The highest BCUT2D eigenvalue weighted by atomic mass is 35.5. The number of rotatable bonds is 5. The zero-order chi connectivity index (χ0) is 19.5. The Morgan fingerprint density at radius 3 is 2.07 bits per heavy atom. The molecule has 0 saturated carbocycles. The molecule has 0 spiro atoms. The van der Waals surface area contributed by atoms with Crippen molar-refractivity contribution in [1.82, 2.24) is 4.98 Å². The molecule has 0 fully saturated rings. The molecule has 5 nitrogen and oxygen atoms in total. The molecule has 0 radical (unpaired) electrons. The number of carbonyl (C=O) groups is 1. The van der Waals surface area contributed by atoms with Crippen LogP contribution in [0, 0.1) is 0 Å². The van der Waals surface area contributed by atoms with E-state index in [0.717, 1.165) is 22.1 Å². The first kappa shape index (κ1) is 20.4. The van der Waals surface area contributed by atoms with Crippen molar-refractivity contribution in [2.24, 2.45) is 5.73 Å². The second-order valence-corrected chi connectivity index (χ2v) is 6.95. The van der Waals surface area contributed by atoms with Crippen LogP contribution in [0.5, 0.6) is 5.75 Å². The molecule has 3 N–H and O–H groups in total. The van der Waals surface area contributed by atoms with Gasteiger partial charge < -0.3 is 10.8 Å². The van der Waals surface area contributed by atoms with Gasteiger partial charge in [0.15, 0.2) is 5.13 Å². The molecule has 0 saturated heterocycles. The molecule has 0 atom stereocenters. The lowest BCUT2D eigenvalue weighted by Gasteiger charge is -2.22. The number of phenols is 1. The van der Waals surface area contributed by atoms with Crippen LogP contribution in [0.3, 0.4) is 0 Å². The zero-order valence-electron chi connectivity index (χ0n) is 15.2. The number of nitrogens with zero attached hydrogens (tertiary/aromatic N) is 2. The number of carbonyl (C=O) groups excluding carboxylic acids is 1. The summed E-state index contributed by atoms with van der Waals surface area (Å²) < 4.78 is 0. The largest absolute Gasteiger partial charge is 0.507 e. The number of para-hydroxylation sites is 2. The molecule has 0 aliphatic carbocycles. The first-order chi connectivity index (χ1) is 13.6. The topological polar surface area (TPSA) is 79.5 Å². The number of benzene rings is 3. The summed E-state index contributed by atoms with van der Waals surface area (Å²) in [6.07, 6.45) is 0. The zero-order valence-corrected chi connectivity index (χ0v) is 16.9. The number of halogens is 1. The number of anilines is 3. The molecule has 3 aromatic carbocycles. The lowest BCUT2D eigenvalue weighted by molar-refractivity contribution is 0.0998. The van der Waals surface area contributed by atoms with Crippen LogP contribution in [-0.4, -0.2) is 16.0 Å². The lowest BCUT2D eigenvalue weighted by Crippen LogP contribution is -2.11.